The lowest BCUT2D eigenvalue weighted by molar-refractivity contribution is -0.129. The molecule has 0 radical (unpaired) electrons. The lowest BCUT2D eigenvalue weighted by Crippen LogP contribution is -2.08. The van der Waals surface area contributed by atoms with Crippen molar-refractivity contribution in [3.05, 3.63) is 57.7 Å². The van der Waals surface area contributed by atoms with Gasteiger partial charge in [0.2, 0.25) is 11.8 Å². The Hall–Kier alpha value is -3.13. The summed E-state index contributed by atoms with van der Waals surface area (Å²) in [5.41, 5.74) is 2.14. The number of nitrogens with zero attached hydrogens (tertiary/aromatic N) is 1. The van der Waals surface area contributed by atoms with Crippen LogP contribution in [-0.2, 0) is 14.3 Å². The molecule has 1 N–H and O–H groups in total. The van der Waals surface area contributed by atoms with Gasteiger partial charge in [0.1, 0.15) is 0 Å². The molecule has 0 unspecified atom stereocenters. The minimum atomic E-state index is -0.548. The molecule has 0 spiro atoms. The van der Waals surface area contributed by atoms with E-state index in [9.17, 15) is 9.59 Å². The van der Waals surface area contributed by atoms with Gasteiger partial charge in [0.15, 0.2) is 17.2 Å². The lowest BCUT2D eigenvalue weighted by atomic mass is 10.1. The van der Waals surface area contributed by atoms with Crippen LogP contribution in [0.25, 0.3) is 6.08 Å². The Morgan fingerprint density at radius 3 is 2.53 bits per heavy atom. The Morgan fingerprint density at radius 2 is 1.93 bits per heavy atom. The fourth-order valence-corrected chi connectivity index (χ4v) is 3.32. The number of methoxy groups -OCH3 is 1. The SMILES string of the molecule is COc1cc(/C=C2\N=C(c3ccc(NC(C)=O)cc3)OC2=O)cc(Br)c1OC(C)C. The van der Waals surface area contributed by atoms with E-state index in [0.29, 0.717) is 32.8 Å². The molecule has 3 rings (SSSR count). The third-order valence-electron chi connectivity index (χ3n) is 3.98. The van der Waals surface area contributed by atoms with Gasteiger partial charge in [0.05, 0.1) is 17.7 Å². The molecule has 2 aromatic rings. The molecule has 8 heteroatoms. The highest BCUT2D eigenvalue weighted by molar-refractivity contribution is 9.10. The molecule has 0 fully saturated rings. The first-order valence-corrected chi connectivity index (χ1v) is 10.0. The van der Waals surface area contributed by atoms with E-state index in [-0.39, 0.29) is 23.6 Å². The zero-order valence-electron chi connectivity index (χ0n) is 17.0. The standard InChI is InChI=1S/C22H21BrN2O5/c1-12(2)29-20-17(23)9-14(11-19(20)28-4)10-18-22(27)30-21(25-18)15-5-7-16(8-6-15)24-13(3)26/h5-12H,1-4H3,(H,24,26)/b18-10-. The number of amides is 1. The van der Waals surface area contributed by atoms with Gasteiger partial charge < -0.3 is 19.5 Å². The van der Waals surface area contributed by atoms with Gasteiger partial charge in [-0.1, -0.05) is 0 Å². The van der Waals surface area contributed by atoms with Crippen molar-refractivity contribution in [1.29, 1.82) is 0 Å². The topological polar surface area (TPSA) is 86.2 Å². The number of cyclic esters (lactones) is 1. The molecular weight excluding hydrogens is 452 g/mol. The monoisotopic (exact) mass is 472 g/mol. The van der Waals surface area contributed by atoms with Crippen molar-refractivity contribution in [2.75, 3.05) is 12.4 Å². The van der Waals surface area contributed by atoms with Crippen molar-refractivity contribution in [2.24, 2.45) is 4.99 Å². The highest BCUT2D eigenvalue weighted by atomic mass is 79.9. The fraction of sp³-hybridized carbons (Fsp3) is 0.227. The minimum absolute atomic E-state index is 0.0200. The zero-order valence-corrected chi connectivity index (χ0v) is 18.6. The summed E-state index contributed by atoms with van der Waals surface area (Å²) in [4.78, 5) is 27.7. The number of benzene rings is 2. The fourth-order valence-electron chi connectivity index (χ4n) is 2.76. The predicted octanol–water partition coefficient (Wildman–Crippen LogP) is 4.55. The van der Waals surface area contributed by atoms with Crippen LogP contribution in [0.1, 0.15) is 31.9 Å². The first-order chi connectivity index (χ1) is 14.3. The van der Waals surface area contributed by atoms with Crippen LogP contribution in [0.5, 0.6) is 11.5 Å². The summed E-state index contributed by atoms with van der Waals surface area (Å²) in [6.07, 6.45) is 1.60. The first-order valence-electron chi connectivity index (χ1n) is 9.21. The van der Waals surface area contributed by atoms with Crippen molar-refractivity contribution in [3.63, 3.8) is 0 Å². The highest BCUT2D eigenvalue weighted by Gasteiger charge is 2.24. The smallest absolute Gasteiger partial charge is 0.363 e. The summed E-state index contributed by atoms with van der Waals surface area (Å²) in [6.45, 7) is 5.28. The Balaban J connectivity index is 1.88. The number of esters is 1. The molecule has 0 aromatic heterocycles. The molecular formula is C22H21BrN2O5. The minimum Gasteiger partial charge on any atom is -0.493 e. The molecule has 0 saturated heterocycles. The van der Waals surface area contributed by atoms with E-state index in [1.807, 2.05) is 19.9 Å². The molecule has 1 aliphatic rings. The van der Waals surface area contributed by atoms with Crippen LogP contribution in [-0.4, -0.2) is 31.0 Å². The van der Waals surface area contributed by atoms with E-state index in [4.69, 9.17) is 14.2 Å². The molecule has 1 aliphatic heterocycles. The van der Waals surface area contributed by atoms with Crippen LogP contribution < -0.4 is 14.8 Å². The summed E-state index contributed by atoms with van der Waals surface area (Å²) in [5, 5.41) is 2.68. The number of hydrogen-bond donors (Lipinski definition) is 1. The van der Waals surface area contributed by atoms with Crippen LogP contribution in [0, 0.1) is 0 Å². The second-order valence-electron chi connectivity index (χ2n) is 6.80. The maximum absolute atomic E-state index is 12.3. The number of halogens is 1. The van der Waals surface area contributed by atoms with Gasteiger partial charge in [0, 0.05) is 18.2 Å². The van der Waals surface area contributed by atoms with Crippen molar-refractivity contribution >= 4 is 45.5 Å². The Morgan fingerprint density at radius 1 is 1.23 bits per heavy atom. The summed E-state index contributed by atoms with van der Waals surface area (Å²) in [6, 6.07) is 10.4. The van der Waals surface area contributed by atoms with Crippen molar-refractivity contribution < 1.29 is 23.8 Å². The van der Waals surface area contributed by atoms with Gasteiger partial charge in [-0.2, -0.15) is 0 Å². The van der Waals surface area contributed by atoms with Crippen molar-refractivity contribution in [1.82, 2.24) is 0 Å². The maximum Gasteiger partial charge on any atom is 0.363 e. The lowest BCUT2D eigenvalue weighted by Gasteiger charge is -2.15. The number of ether oxygens (including phenoxy) is 3. The number of nitrogens with one attached hydrogen (secondary N) is 1. The molecule has 1 heterocycles. The van der Waals surface area contributed by atoms with Gasteiger partial charge in [0.25, 0.3) is 0 Å². The maximum atomic E-state index is 12.3. The molecule has 0 atom stereocenters. The molecule has 7 nitrogen and oxygen atoms in total. The quantitative estimate of drug-likeness (QED) is 0.492. The molecule has 30 heavy (non-hydrogen) atoms. The van der Waals surface area contributed by atoms with Crippen LogP contribution in [0.15, 0.2) is 51.6 Å². The van der Waals surface area contributed by atoms with E-state index >= 15 is 0 Å². The first kappa shape index (κ1) is 21.6. The summed E-state index contributed by atoms with van der Waals surface area (Å²) < 4.78 is 17.2. The largest absolute Gasteiger partial charge is 0.493 e. The second-order valence-corrected chi connectivity index (χ2v) is 7.65. The van der Waals surface area contributed by atoms with Crippen LogP contribution >= 0.6 is 15.9 Å². The summed E-state index contributed by atoms with van der Waals surface area (Å²) in [5.74, 6) is 0.616. The van der Waals surface area contributed by atoms with Gasteiger partial charge in [-0.3, -0.25) is 4.79 Å². The van der Waals surface area contributed by atoms with E-state index in [1.165, 1.54) is 6.92 Å². The van der Waals surface area contributed by atoms with Crippen LogP contribution in [0.2, 0.25) is 0 Å². The van der Waals surface area contributed by atoms with Gasteiger partial charge >= 0.3 is 5.97 Å². The molecule has 1 amide bonds. The van der Waals surface area contributed by atoms with E-state index in [0.717, 1.165) is 0 Å². The van der Waals surface area contributed by atoms with Crippen LogP contribution in [0.3, 0.4) is 0 Å². The number of carbonyl (C=O) groups is 2. The number of aliphatic imine (C=N–C) groups is 1. The molecule has 2 aromatic carbocycles. The Bertz CT molecular complexity index is 1040. The Labute approximate surface area is 182 Å². The number of rotatable bonds is 6. The van der Waals surface area contributed by atoms with E-state index < -0.39 is 5.97 Å². The highest BCUT2D eigenvalue weighted by Crippen LogP contribution is 2.38. The molecule has 156 valence electrons. The van der Waals surface area contributed by atoms with Crippen molar-refractivity contribution in [3.8, 4) is 11.5 Å². The molecule has 0 aliphatic carbocycles. The predicted molar refractivity (Wildman–Crippen MR) is 118 cm³/mol. The Kier molecular flexibility index (Phi) is 6.56. The number of carbonyl (C=O) groups excluding carboxylic acids is 2. The third kappa shape index (κ3) is 5.07. The number of anilines is 1. The normalized spacial score (nSPS) is 14.5. The van der Waals surface area contributed by atoms with Crippen molar-refractivity contribution in [2.45, 2.75) is 26.9 Å². The van der Waals surface area contributed by atoms with Gasteiger partial charge in [-0.25, -0.2) is 9.79 Å². The average molecular weight is 473 g/mol. The molecule has 0 saturated carbocycles. The number of hydrogen-bond acceptors (Lipinski definition) is 6. The average Bonchev–Trinajstić information content (AvgIpc) is 3.04. The third-order valence-corrected chi connectivity index (χ3v) is 4.57. The summed E-state index contributed by atoms with van der Waals surface area (Å²) >= 11 is 3.49. The van der Waals surface area contributed by atoms with E-state index in [2.05, 4.69) is 26.2 Å². The summed E-state index contributed by atoms with van der Waals surface area (Å²) in [7, 11) is 1.55. The van der Waals surface area contributed by atoms with Crippen LogP contribution in [0.4, 0.5) is 5.69 Å². The van der Waals surface area contributed by atoms with Gasteiger partial charge in [-0.05, 0) is 77.8 Å². The van der Waals surface area contributed by atoms with E-state index in [1.54, 1.807) is 43.5 Å². The zero-order chi connectivity index (χ0) is 21.8. The molecule has 0 bridgehead atoms. The second kappa shape index (κ2) is 9.13. The van der Waals surface area contributed by atoms with Gasteiger partial charge in [-0.15, -0.1) is 0 Å².